The Morgan fingerprint density at radius 1 is 1.38 bits per heavy atom. The molecule has 0 heterocycles. The molecule has 0 spiro atoms. The van der Waals surface area contributed by atoms with Crippen LogP contribution in [-0.4, -0.2) is 33.0 Å². The van der Waals surface area contributed by atoms with Gasteiger partial charge in [0, 0.05) is 18.7 Å². The highest BCUT2D eigenvalue weighted by molar-refractivity contribution is 7.89. The number of ether oxygens (including phenoxy) is 1. The first-order valence-electron chi connectivity index (χ1n) is 6.01. The Balaban J connectivity index is 3.07. The number of nitrogens with zero attached hydrogens (tertiary/aromatic N) is 1. The van der Waals surface area contributed by atoms with Gasteiger partial charge < -0.3 is 4.74 Å². The summed E-state index contributed by atoms with van der Waals surface area (Å²) in [7, 11) is -2.74. The van der Waals surface area contributed by atoms with Gasteiger partial charge in [-0.15, -0.1) is 0 Å². The molecule has 0 unspecified atom stereocenters. The maximum absolute atomic E-state index is 12.2. The number of hydrogen-bond donors (Lipinski definition) is 1. The molecule has 0 aliphatic carbocycles. The van der Waals surface area contributed by atoms with Gasteiger partial charge in [0.15, 0.2) is 0 Å². The second kappa shape index (κ2) is 6.64. The molecule has 1 aromatic rings. The van der Waals surface area contributed by atoms with Crippen molar-refractivity contribution in [3.05, 3.63) is 33.4 Å². The Morgan fingerprint density at radius 3 is 2.52 bits per heavy atom. The lowest BCUT2D eigenvalue weighted by Gasteiger charge is -2.10. The zero-order valence-corrected chi connectivity index (χ0v) is 12.7. The summed E-state index contributed by atoms with van der Waals surface area (Å²) in [6.07, 6.45) is -0.122. The van der Waals surface area contributed by atoms with E-state index < -0.39 is 20.9 Å². The predicted octanol–water partition coefficient (Wildman–Crippen LogP) is 1.05. The zero-order valence-electron chi connectivity index (χ0n) is 11.9. The van der Waals surface area contributed by atoms with Crippen molar-refractivity contribution in [3.63, 3.8) is 0 Å². The first kappa shape index (κ1) is 17.1. The van der Waals surface area contributed by atoms with Gasteiger partial charge in [-0.3, -0.25) is 14.9 Å². The number of nitro groups is 1. The molecule has 0 aliphatic heterocycles. The summed E-state index contributed by atoms with van der Waals surface area (Å²) in [5.41, 5.74) is 0.621. The lowest BCUT2D eigenvalue weighted by Crippen LogP contribution is -2.27. The lowest BCUT2D eigenvalue weighted by atomic mass is 10.1. The van der Waals surface area contributed by atoms with E-state index in [1.54, 1.807) is 13.8 Å². The zero-order chi connectivity index (χ0) is 16.2. The molecular weight excluding hydrogens is 300 g/mol. The van der Waals surface area contributed by atoms with Crippen LogP contribution >= 0.6 is 0 Å². The number of rotatable bonds is 6. The van der Waals surface area contributed by atoms with E-state index in [-0.39, 0.29) is 23.5 Å². The van der Waals surface area contributed by atoms with E-state index in [0.29, 0.717) is 11.1 Å². The van der Waals surface area contributed by atoms with Gasteiger partial charge >= 0.3 is 5.97 Å². The first-order valence-corrected chi connectivity index (χ1v) is 7.49. The standard InChI is InChI=1S/C12H16N2O6S/c1-8-6-10(14(16)17)7-11(9(8)2)21(18,19)13-5-4-12(15)20-3/h6-7,13H,4-5H2,1-3H3. The molecule has 9 heteroatoms. The highest BCUT2D eigenvalue weighted by Gasteiger charge is 2.22. The highest BCUT2D eigenvalue weighted by Crippen LogP contribution is 2.25. The van der Waals surface area contributed by atoms with Gasteiger partial charge in [-0.1, -0.05) is 0 Å². The SMILES string of the molecule is COC(=O)CCNS(=O)(=O)c1cc([N+](=O)[O-])cc(C)c1C. The highest BCUT2D eigenvalue weighted by atomic mass is 32.2. The first-order chi connectivity index (χ1) is 9.69. The fourth-order valence-electron chi connectivity index (χ4n) is 1.66. The number of hydrogen-bond acceptors (Lipinski definition) is 6. The van der Waals surface area contributed by atoms with Crippen LogP contribution in [0.15, 0.2) is 17.0 Å². The summed E-state index contributed by atoms with van der Waals surface area (Å²) < 4.78 is 31.0. The van der Waals surface area contributed by atoms with Crippen molar-refractivity contribution in [1.82, 2.24) is 4.72 Å². The van der Waals surface area contributed by atoms with Crippen LogP contribution in [0.1, 0.15) is 17.5 Å². The number of carbonyl (C=O) groups excluding carboxylic acids is 1. The third kappa shape index (κ3) is 4.23. The molecule has 8 nitrogen and oxygen atoms in total. The van der Waals surface area contributed by atoms with Crippen LogP contribution < -0.4 is 4.72 Å². The Kier molecular flexibility index (Phi) is 5.39. The molecule has 1 N–H and O–H groups in total. The van der Waals surface area contributed by atoms with Crippen molar-refractivity contribution in [3.8, 4) is 0 Å². The van der Waals surface area contributed by atoms with Gasteiger partial charge in [-0.05, 0) is 25.0 Å². The predicted molar refractivity (Wildman–Crippen MR) is 74.4 cm³/mol. The van der Waals surface area contributed by atoms with E-state index in [9.17, 15) is 23.3 Å². The number of non-ortho nitro benzene ring substituents is 1. The summed E-state index contributed by atoms with van der Waals surface area (Å²) in [6.45, 7) is 3.01. The second-order valence-corrected chi connectivity index (χ2v) is 6.10. The van der Waals surface area contributed by atoms with E-state index in [1.165, 1.54) is 13.2 Å². The smallest absolute Gasteiger partial charge is 0.306 e. The van der Waals surface area contributed by atoms with Crippen molar-refractivity contribution < 1.29 is 22.9 Å². The van der Waals surface area contributed by atoms with Crippen LogP contribution in [-0.2, 0) is 19.6 Å². The number of nitrogens with one attached hydrogen (secondary N) is 1. The average Bonchev–Trinajstić information content (AvgIpc) is 2.40. The molecule has 0 amide bonds. The lowest BCUT2D eigenvalue weighted by molar-refractivity contribution is -0.385. The van der Waals surface area contributed by atoms with E-state index in [0.717, 1.165) is 6.07 Å². The summed E-state index contributed by atoms with van der Waals surface area (Å²) in [5, 5.41) is 10.8. The topological polar surface area (TPSA) is 116 Å². The molecule has 0 atom stereocenters. The maximum atomic E-state index is 12.2. The molecule has 0 aromatic heterocycles. The molecule has 0 radical (unpaired) electrons. The number of carbonyl (C=O) groups is 1. The molecule has 21 heavy (non-hydrogen) atoms. The summed E-state index contributed by atoms with van der Waals surface area (Å²) >= 11 is 0. The summed E-state index contributed by atoms with van der Waals surface area (Å²) in [4.78, 5) is 20.9. The van der Waals surface area contributed by atoms with Gasteiger partial charge in [0.05, 0.1) is 23.3 Å². The maximum Gasteiger partial charge on any atom is 0.306 e. The Labute approximate surface area is 122 Å². The van der Waals surface area contributed by atoms with Gasteiger partial charge in [-0.2, -0.15) is 0 Å². The van der Waals surface area contributed by atoms with Gasteiger partial charge in [-0.25, -0.2) is 13.1 Å². The van der Waals surface area contributed by atoms with Crippen molar-refractivity contribution >= 4 is 21.7 Å². The van der Waals surface area contributed by atoms with Crippen molar-refractivity contribution in [2.24, 2.45) is 0 Å². The van der Waals surface area contributed by atoms with E-state index >= 15 is 0 Å². The molecule has 0 aliphatic rings. The average molecular weight is 316 g/mol. The van der Waals surface area contributed by atoms with Crippen LogP contribution in [0.3, 0.4) is 0 Å². The van der Waals surface area contributed by atoms with Crippen LogP contribution in [0, 0.1) is 24.0 Å². The Bertz CT molecular complexity index is 669. The number of esters is 1. The summed E-state index contributed by atoms with van der Waals surface area (Å²) in [5.74, 6) is -0.551. The van der Waals surface area contributed by atoms with E-state index in [4.69, 9.17) is 0 Å². The molecule has 1 rings (SSSR count). The molecular formula is C12H16N2O6S. The van der Waals surface area contributed by atoms with Gasteiger partial charge in [0.2, 0.25) is 10.0 Å². The molecule has 116 valence electrons. The quantitative estimate of drug-likeness (QED) is 0.476. The largest absolute Gasteiger partial charge is 0.469 e. The van der Waals surface area contributed by atoms with Gasteiger partial charge in [0.25, 0.3) is 5.69 Å². The number of methoxy groups -OCH3 is 1. The van der Waals surface area contributed by atoms with Crippen LogP contribution in [0.4, 0.5) is 5.69 Å². The minimum atomic E-state index is -3.94. The second-order valence-electron chi connectivity index (χ2n) is 4.37. The molecule has 0 saturated carbocycles. The monoisotopic (exact) mass is 316 g/mol. The molecule has 0 saturated heterocycles. The van der Waals surface area contributed by atoms with Crippen LogP contribution in [0.5, 0.6) is 0 Å². The Morgan fingerprint density at radius 2 is 2.00 bits per heavy atom. The van der Waals surface area contributed by atoms with Crippen molar-refractivity contribution in [1.29, 1.82) is 0 Å². The fourth-order valence-corrected chi connectivity index (χ4v) is 3.03. The number of nitro benzene ring substituents is 1. The van der Waals surface area contributed by atoms with Crippen molar-refractivity contribution in [2.45, 2.75) is 25.2 Å². The number of sulfonamides is 1. The third-order valence-electron chi connectivity index (χ3n) is 2.95. The third-order valence-corrected chi connectivity index (χ3v) is 4.54. The minimum absolute atomic E-state index is 0.122. The normalized spacial score (nSPS) is 11.2. The number of aryl methyl sites for hydroxylation is 1. The Hall–Kier alpha value is -2.00. The number of benzene rings is 1. The van der Waals surface area contributed by atoms with Gasteiger partial charge in [0.1, 0.15) is 0 Å². The summed E-state index contributed by atoms with van der Waals surface area (Å²) in [6, 6.07) is 2.31. The van der Waals surface area contributed by atoms with E-state index in [2.05, 4.69) is 9.46 Å². The molecule has 0 fully saturated rings. The van der Waals surface area contributed by atoms with Crippen molar-refractivity contribution in [2.75, 3.05) is 13.7 Å². The van der Waals surface area contributed by atoms with Crippen LogP contribution in [0.25, 0.3) is 0 Å². The van der Waals surface area contributed by atoms with Crippen LogP contribution in [0.2, 0.25) is 0 Å². The molecule has 1 aromatic carbocycles. The van der Waals surface area contributed by atoms with E-state index in [1.807, 2.05) is 0 Å². The minimum Gasteiger partial charge on any atom is -0.469 e. The fraction of sp³-hybridized carbons (Fsp3) is 0.417. The molecule has 0 bridgehead atoms.